The summed E-state index contributed by atoms with van der Waals surface area (Å²) in [6.07, 6.45) is 2.02. The van der Waals surface area contributed by atoms with Crippen LogP contribution in [0, 0.1) is 11.3 Å². The van der Waals surface area contributed by atoms with Gasteiger partial charge in [0.25, 0.3) is 0 Å². The number of fused-ring (bicyclic) bond motifs is 1. The molecule has 0 bridgehead atoms. The molecule has 2 heterocycles. The smallest absolute Gasteiger partial charge is 0.311 e. The molecule has 1 aromatic rings. The predicted octanol–water partition coefficient (Wildman–Crippen LogP) is 1.95. The lowest BCUT2D eigenvalue weighted by molar-refractivity contribution is -0.154. The molecule has 1 aromatic carbocycles. The molecule has 0 saturated carbocycles. The lowest BCUT2D eigenvalue weighted by Gasteiger charge is -2.39. The number of nitrogens with zero attached hydrogens (tertiary/aromatic N) is 1. The van der Waals surface area contributed by atoms with E-state index in [0.717, 1.165) is 17.7 Å². The molecule has 2 aliphatic heterocycles. The highest BCUT2D eigenvalue weighted by atomic mass is 16.5. The van der Waals surface area contributed by atoms with E-state index >= 15 is 0 Å². The standard InChI is InChI=1S/C17H21NO4/c1-17(16(20)21)7-4-8-18(11-17)15(19)13-9-12-5-2-3-6-14(12)22-10-13/h2-3,5-6,13H,4,7-11H2,1H3,(H,20,21). The molecule has 5 nitrogen and oxygen atoms in total. The Hall–Kier alpha value is -2.04. The Labute approximate surface area is 129 Å². The minimum absolute atomic E-state index is 0.0154. The molecule has 2 unspecified atom stereocenters. The van der Waals surface area contributed by atoms with Gasteiger partial charge >= 0.3 is 5.97 Å². The third-order valence-electron chi connectivity index (χ3n) is 4.75. The van der Waals surface area contributed by atoms with Crippen LogP contribution in [0.1, 0.15) is 25.3 Å². The molecule has 0 spiro atoms. The topological polar surface area (TPSA) is 66.8 Å². The molecule has 1 saturated heterocycles. The number of rotatable bonds is 2. The highest BCUT2D eigenvalue weighted by molar-refractivity contribution is 5.82. The Balaban J connectivity index is 1.71. The maximum absolute atomic E-state index is 12.7. The number of carbonyl (C=O) groups excluding carboxylic acids is 1. The first-order valence-electron chi connectivity index (χ1n) is 7.72. The SMILES string of the molecule is CC1(C(=O)O)CCCN(C(=O)C2COc3ccccc3C2)C1. The van der Waals surface area contributed by atoms with Crippen LogP contribution in [-0.2, 0) is 16.0 Å². The molecule has 0 radical (unpaired) electrons. The lowest BCUT2D eigenvalue weighted by Crippen LogP contribution is -2.51. The number of carboxylic acid groups (broad SMARTS) is 1. The Kier molecular flexibility index (Phi) is 3.81. The first kappa shape index (κ1) is 14.9. The Morgan fingerprint density at radius 2 is 2.14 bits per heavy atom. The van der Waals surface area contributed by atoms with Gasteiger partial charge in [0.2, 0.25) is 5.91 Å². The van der Waals surface area contributed by atoms with Crippen molar-refractivity contribution in [2.24, 2.45) is 11.3 Å². The quantitative estimate of drug-likeness (QED) is 0.907. The van der Waals surface area contributed by atoms with Gasteiger partial charge in [0.05, 0.1) is 11.3 Å². The van der Waals surface area contributed by atoms with Gasteiger partial charge in [0, 0.05) is 13.1 Å². The van der Waals surface area contributed by atoms with Crippen LogP contribution >= 0.6 is 0 Å². The van der Waals surface area contributed by atoms with Crippen LogP contribution < -0.4 is 4.74 Å². The molecule has 0 aromatic heterocycles. The molecule has 3 rings (SSSR count). The predicted molar refractivity (Wildman–Crippen MR) is 80.7 cm³/mol. The van der Waals surface area contributed by atoms with Gasteiger partial charge < -0.3 is 14.7 Å². The Morgan fingerprint density at radius 1 is 1.36 bits per heavy atom. The lowest BCUT2D eigenvalue weighted by atomic mass is 9.81. The second-order valence-corrected chi connectivity index (χ2v) is 6.55. The summed E-state index contributed by atoms with van der Waals surface area (Å²) >= 11 is 0. The van der Waals surface area contributed by atoms with Crippen LogP contribution in [0.5, 0.6) is 5.75 Å². The van der Waals surface area contributed by atoms with Crippen molar-refractivity contribution in [3.05, 3.63) is 29.8 Å². The molecule has 22 heavy (non-hydrogen) atoms. The number of piperidine rings is 1. The highest BCUT2D eigenvalue weighted by Gasteiger charge is 2.41. The molecular formula is C17H21NO4. The minimum Gasteiger partial charge on any atom is -0.492 e. The maximum atomic E-state index is 12.7. The first-order valence-corrected chi connectivity index (χ1v) is 7.72. The van der Waals surface area contributed by atoms with E-state index in [-0.39, 0.29) is 11.8 Å². The average Bonchev–Trinajstić information content (AvgIpc) is 2.53. The van der Waals surface area contributed by atoms with E-state index < -0.39 is 11.4 Å². The van der Waals surface area contributed by atoms with Crippen molar-refractivity contribution in [1.82, 2.24) is 4.90 Å². The largest absolute Gasteiger partial charge is 0.492 e. The van der Waals surface area contributed by atoms with Crippen molar-refractivity contribution >= 4 is 11.9 Å². The molecule has 1 amide bonds. The third kappa shape index (κ3) is 2.67. The van der Waals surface area contributed by atoms with Crippen molar-refractivity contribution in [3.63, 3.8) is 0 Å². The molecule has 0 aliphatic carbocycles. The first-order chi connectivity index (χ1) is 10.5. The average molecular weight is 303 g/mol. The fourth-order valence-corrected chi connectivity index (χ4v) is 3.35. The van der Waals surface area contributed by atoms with E-state index in [2.05, 4.69) is 0 Å². The number of aliphatic carboxylic acids is 1. The zero-order chi connectivity index (χ0) is 15.7. The number of hydrogen-bond donors (Lipinski definition) is 1. The summed E-state index contributed by atoms with van der Waals surface area (Å²) < 4.78 is 5.68. The second-order valence-electron chi connectivity index (χ2n) is 6.55. The molecule has 1 fully saturated rings. The Morgan fingerprint density at radius 3 is 2.91 bits per heavy atom. The number of likely N-dealkylation sites (tertiary alicyclic amines) is 1. The number of carbonyl (C=O) groups is 2. The van der Waals surface area contributed by atoms with Gasteiger partial charge in [-0.05, 0) is 37.8 Å². The van der Waals surface area contributed by atoms with Crippen LogP contribution in [0.2, 0.25) is 0 Å². The van der Waals surface area contributed by atoms with Gasteiger partial charge in [0.1, 0.15) is 12.4 Å². The number of benzene rings is 1. The van der Waals surface area contributed by atoms with Crippen LogP contribution in [0.25, 0.3) is 0 Å². The van der Waals surface area contributed by atoms with E-state index in [1.165, 1.54) is 0 Å². The van der Waals surface area contributed by atoms with Gasteiger partial charge in [0.15, 0.2) is 0 Å². The second kappa shape index (κ2) is 5.63. The van der Waals surface area contributed by atoms with Gasteiger partial charge in [-0.3, -0.25) is 9.59 Å². The molecule has 2 atom stereocenters. The van der Waals surface area contributed by atoms with Gasteiger partial charge in [-0.25, -0.2) is 0 Å². The molecule has 2 aliphatic rings. The molecule has 1 N–H and O–H groups in total. The van der Waals surface area contributed by atoms with E-state index in [0.29, 0.717) is 32.5 Å². The van der Waals surface area contributed by atoms with Crippen molar-refractivity contribution in [1.29, 1.82) is 0 Å². The van der Waals surface area contributed by atoms with Crippen molar-refractivity contribution in [3.8, 4) is 5.75 Å². The summed E-state index contributed by atoms with van der Waals surface area (Å²) in [6, 6.07) is 7.76. The summed E-state index contributed by atoms with van der Waals surface area (Å²) in [5, 5.41) is 9.37. The zero-order valence-electron chi connectivity index (χ0n) is 12.7. The summed E-state index contributed by atoms with van der Waals surface area (Å²) in [4.78, 5) is 25.9. The van der Waals surface area contributed by atoms with E-state index in [1.807, 2.05) is 24.3 Å². The van der Waals surface area contributed by atoms with Crippen LogP contribution in [-0.4, -0.2) is 41.6 Å². The van der Waals surface area contributed by atoms with E-state index in [9.17, 15) is 14.7 Å². The van der Waals surface area contributed by atoms with Crippen molar-refractivity contribution in [2.45, 2.75) is 26.2 Å². The third-order valence-corrected chi connectivity index (χ3v) is 4.75. The number of hydrogen-bond acceptors (Lipinski definition) is 3. The monoisotopic (exact) mass is 303 g/mol. The number of para-hydroxylation sites is 1. The molecule has 118 valence electrons. The summed E-state index contributed by atoms with van der Waals surface area (Å²) in [5.41, 5.74) is 0.214. The number of amides is 1. The van der Waals surface area contributed by atoms with Crippen LogP contribution in [0.15, 0.2) is 24.3 Å². The van der Waals surface area contributed by atoms with E-state index in [4.69, 9.17) is 4.74 Å². The van der Waals surface area contributed by atoms with Crippen molar-refractivity contribution in [2.75, 3.05) is 19.7 Å². The fourth-order valence-electron chi connectivity index (χ4n) is 3.35. The van der Waals surface area contributed by atoms with Gasteiger partial charge in [-0.1, -0.05) is 18.2 Å². The maximum Gasteiger partial charge on any atom is 0.311 e. The van der Waals surface area contributed by atoms with Crippen LogP contribution in [0.3, 0.4) is 0 Å². The fraction of sp³-hybridized carbons (Fsp3) is 0.529. The minimum atomic E-state index is -0.832. The zero-order valence-corrected chi connectivity index (χ0v) is 12.7. The van der Waals surface area contributed by atoms with Crippen LogP contribution in [0.4, 0.5) is 0 Å². The van der Waals surface area contributed by atoms with E-state index in [1.54, 1.807) is 11.8 Å². The molecular weight excluding hydrogens is 282 g/mol. The molecule has 5 heteroatoms. The van der Waals surface area contributed by atoms with Crippen molar-refractivity contribution < 1.29 is 19.4 Å². The highest BCUT2D eigenvalue weighted by Crippen LogP contribution is 2.32. The summed E-state index contributed by atoms with van der Waals surface area (Å²) in [5.74, 6) is -0.177. The number of ether oxygens (including phenoxy) is 1. The van der Waals surface area contributed by atoms with Gasteiger partial charge in [-0.2, -0.15) is 0 Å². The Bertz CT molecular complexity index is 600. The normalized spacial score (nSPS) is 27.7. The number of carboxylic acids is 1. The summed E-state index contributed by atoms with van der Waals surface area (Å²) in [6.45, 7) is 3.02. The van der Waals surface area contributed by atoms with Gasteiger partial charge in [-0.15, -0.1) is 0 Å². The summed E-state index contributed by atoms with van der Waals surface area (Å²) in [7, 11) is 0.